The van der Waals surface area contributed by atoms with Gasteiger partial charge in [0.2, 0.25) is 0 Å². The van der Waals surface area contributed by atoms with Gasteiger partial charge in [-0.1, -0.05) is 42.5 Å². The van der Waals surface area contributed by atoms with E-state index in [1.165, 1.54) is 11.2 Å². The number of carbonyl (C=O) groups is 2. The highest BCUT2D eigenvalue weighted by atomic mass is 16.6. The van der Waals surface area contributed by atoms with Crippen molar-refractivity contribution in [3.05, 3.63) is 102 Å². The van der Waals surface area contributed by atoms with Gasteiger partial charge in [-0.2, -0.15) is 0 Å². The molecule has 0 bridgehead atoms. The molecule has 4 aromatic rings. The van der Waals surface area contributed by atoms with Crippen LogP contribution in [0.4, 0.5) is 0 Å². The summed E-state index contributed by atoms with van der Waals surface area (Å²) in [5.41, 5.74) is 1.14. The number of fused-ring (bicyclic) bond motifs is 2. The predicted octanol–water partition coefficient (Wildman–Crippen LogP) is 4.83. The summed E-state index contributed by atoms with van der Waals surface area (Å²) in [5.74, 6) is -0.125. The largest absolute Gasteiger partial charge is 0.507 e. The maximum absolute atomic E-state index is 13.4. The molecule has 174 valence electrons. The smallest absolute Gasteiger partial charge is 0.296 e. The summed E-state index contributed by atoms with van der Waals surface area (Å²) in [6, 6.07) is 21.1. The molecule has 1 amide bonds. The van der Waals surface area contributed by atoms with Crippen LogP contribution in [-0.4, -0.2) is 34.9 Å². The summed E-state index contributed by atoms with van der Waals surface area (Å²) in [4.78, 5) is 28.1. The number of ether oxygens (including phenoxy) is 2. The number of aliphatic hydroxyl groups is 1. The van der Waals surface area contributed by atoms with E-state index in [-0.39, 0.29) is 17.9 Å². The second kappa shape index (κ2) is 8.36. The van der Waals surface area contributed by atoms with Gasteiger partial charge in [0, 0.05) is 5.56 Å². The normalized spacial score (nSPS) is 18.9. The third kappa shape index (κ3) is 3.52. The number of benzene rings is 3. The molecular weight excluding hydrogens is 446 g/mol. The lowest BCUT2D eigenvalue weighted by Crippen LogP contribution is -2.29. The van der Waals surface area contributed by atoms with Crippen LogP contribution in [-0.2, 0) is 16.1 Å². The molecule has 1 N–H and O–H groups in total. The zero-order valence-electron chi connectivity index (χ0n) is 18.6. The molecule has 1 atom stereocenters. The Hall–Kier alpha value is -4.52. The Morgan fingerprint density at radius 1 is 0.914 bits per heavy atom. The number of rotatable bonds is 4. The highest BCUT2D eigenvalue weighted by molar-refractivity contribution is 6.46. The Bertz CT molecular complexity index is 1480. The van der Waals surface area contributed by atoms with E-state index in [0.29, 0.717) is 36.0 Å². The Kier molecular flexibility index (Phi) is 5.03. The Morgan fingerprint density at radius 2 is 1.71 bits per heavy atom. The molecule has 7 nitrogen and oxygen atoms in total. The molecule has 2 aliphatic heterocycles. The van der Waals surface area contributed by atoms with E-state index in [9.17, 15) is 14.7 Å². The second-order valence-corrected chi connectivity index (χ2v) is 8.43. The molecule has 35 heavy (non-hydrogen) atoms. The van der Waals surface area contributed by atoms with Crippen molar-refractivity contribution < 1.29 is 28.6 Å². The zero-order chi connectivity index (χ0) is 23.9. The fraction of sp³-hybridized carbons (Fsp3) is 0.143. The number of amides is 1. The van der Waals surface area contributed by atoms with Gasteiger partial charge in [-0.05, 0) is 46.7 Å². The summed E-state index contributed by atoms with van der Waals surface area (Å²) in [5, 5.41) is 13.3. The lowest BCUT2D eigenvalue weighted by molar-refractivity contribution is -0.140. The van der Waals surface area contributed by atoms with Crippen LogP contribution in [0.5, 0.6) is 11.5 Å². The minimum Gasteiger partial charge on any atom is -0.507 e. The first-order valence-corrected chi connectivity index (χ1v) is 11.3. The molecule has 0 radical (unpaired) electrons. The van der Waals surface area contributed by atoms with E-state index in [1.807, 2.05) is 42.5 Å². The summed E-state index contributed by atoms with van der Waals surface area (Å²) in [6.45, 7) is 0.918. The van der Waals surface area contributed by atoms with E-state index in [2.05, 4.69) is 0 Å². The Morgan fingerprint density at radius 3 is 2.54 bits per heavy atom. The first-order valence-electron chi connectivity index (χ1n) is 11.3. The highest BCUT2D eigenvalue weighted by Crippen LogP contribution is 2.43. The number of carbonyl (C=O) groups excluding carboxylic acids is 2. The van der Waals surface area contributed by atoms with E-state index >= 15 is 0 Å². The molecule has 3 aromatic carbocycles. The van der Waals surface area contributed by atoms with Crippen LogP contribution in [0.2, 0.25) is 0 Å². The molecule has 0 spiro atoms. The minimum absolute atomic E-state index is 0.0228. The zero-order valence-corrected chi connectivity index (χ0v) is 18.6. The molecule has 6 rings (SSSR count). The number of hydrogen-bond acceptors (Lipinski definition) is 6. The van der Waals surface area contributed by atoms with Gasteiger partial charge in [0.15, 0.2) is 11.5 Å². The van der Waals surface area contributed by atoms with Crippen LogP contribution in [0.15, 0.2) is 89.0 Å². The van der Waals surface area contributed by atoms with Crippen LogP contribution in [0, 0.1) is 0 Å². The standard InChI is InChI=1S/C28H21NO6/c30-26(18-10-11-22-23(15-18)35-14-13-34-22)24-25(21-9-3-6-17-5-1-2-8-20(17)21)29(28(32)27(24)31)16-19-7-4-12-33-19/h1-12,15,25,30H,13-14,16H2/b26-24+. The minimum atomic E-state index is -0.806. The topological polar surface area (TPSA) is 89.2 Å². The van der Waals surface area contributed by atoms with Crippen molar-refractivity contribution in [2.75, 3.05) is 13.2 Å². The third-order valence-corrected chi connectivity index (χ3v) is 6.38. The van der Waals surface area contributed by atoms with Crippen molar-refractivity contribution in [2.45, 2.75) is 12.6 Å². The van der Waals surface area contributed by atoms with Crippen LogP contribution in [0.25, 0.3) is 16.5 Å². The van der Waals surface area contributed by atoms with E-state index < -0.39 is 17.7 Å². The van der Waals surface area contributed by atoms with Gasteiger partial charge in [0.1, 0.15) is 24.7 Å². The number of likely N-dealkylation sites (tertiary alicyclic amines) is 1. The average molecular weight is 467 g/mol. The first kappa shape index (κ1) is 21.0. The lowest BCUT2D eigenvalue weighted by atomic mass is 9.91. The molecule has 1 unspecified atom stereocenters. The van der Waals surface area contributed by atoms with Gasteiger partial charge in [-0.15, -0.1) is 0 Å². The van der Waals surface area contributed by atoms with Gasteiger partial charge in [0.05, 0.1) is 24.4 Å². The van der Waals surface area contributed by atoms with Crippen LogP contribution in [0.1, 0.15) is 22.9 Å². The molecule has 0 saturated carbocycles. The summed E-state index contributed by atoms with van der Waals surface area (Å²) < 4.78 is 16.7. The maximum atomic E-state index is 13.4. The summed E-state index contributed by atoms with van der Waals surface area (Å²) >= 11 is 0. The SMILES string of the molecule is O=C1C(=O)N(Cc2ccco2)C(c2cccc3ccccc23)/C1=C(\O)c1ccc2c(c1)OCCO2. The van der Waals surface area contributed by atoms with Gasteiger partial charge in [-0.3, -0.25) is 9.59 Å². The van der Waals surface area contributed by atoms with Crippen LogP contribution >= 0.6 is 0 Å². The molecule has 1 fully saturated rings. The summed E-state index contributed by atoms with van der Waals surface area (Å²) in [7, 11) is 0. The number of Topliss-reactive ketones (excluding diaryl/α,β-unsaturated/α-hetero) is 1. The molecule has 2 aliphatic rings. The first-order chi connectivity index (χ1) is 17.1. The number of furan rings is 1. The highest BCUT2D eigenvalue weighted by Gasteiger charge is 2.47. The van der Waals surface area contributed by atoms with Gasteiger partial charge in [0.25, 0.3) is 11.7 Å². The summed E-state index contributed by atoms with van der Waals surface area (Å²) in [6.07, 6.45) is 1.52. The van der Waals surface area contributed by atoms with Crippen molar-refractivity contribution in [1.29, 1.82) is 0 Å². The van der Waals surface area contributed by atoms with Crippen LogP contribution < -0.4 is 9.47 Å². The molecular formula is C28H21NO6. The molecule has 3 heterocycles. The van der Waals surface area contributed by atoms with Crippen molar-refractivity contribution in [2.24, 2.45) is 0 Å². The second-order valence-electron chi connectivity index (χ2n) is 8.43. The Balaban J connectivity index is 1.55. The average Bonchev–Trinajstić information content (AvgIpc) is 3.50. The molecule has 1 saturated heterocycles. The van der Waals surface area contributed by atoms with Gasteiger partial charge in [-0.25, -0.2) is 0 Å². The quantitative estimate of drug-likeness (QED) is 0.263. The number of ketones is 1. The fourth-order valence-corrected chi connectivity index (χ4v) is 4.77. The van der Waals surface area contributed by atoms with Crippen molar-refractivity contribution in [3.63, 3.8) is 0 Å². The number of aliphatic hydroxyl groups excluding tert-OH is 1. The van der Waals surface area contributed by atoms with Crippen molar-refractivity contribution in [1.82, 2.24) is 4.90 Å². The van der Waals surface area contributed by atoms with E-state index in [1.54, 1.807) is 30.3 Å². The van der Waals surface area contributed by atoms with Gasteiger partial charge >= 0.3 is 0 Å². The Labute approximate surface area is 200 Å². The monoisotopic (exact) mass is 467 g/mol. The third-order valence-electron chi connectivity index (χ3n) is 6.38. The maximum Gasteiger partial charge on any atom is 0.296 e. The fourth-order valence-electron chi connectivity index (χ4n) is 4.77. The van der Waals surface area contributed by atoms with E-state index in [0.717, 1.165) is 16.3 Å². The van der Waals surface area contributed by atoms with Crippen molar-refractivity contribution in [3.8, 4) is 11.5 Å². The number of nitrogens with zero attached hydrogens (tertiary/aromatic N) is 1. The molecule has 0 aliphatic carbocycles. The number of hydrogen-bond donors (Lipinski definition) is 1. The lowest BCUT2D eigenvalue weighted by Gasteiger charge is -2.26. The molecule has 1 aromatic heterocycles. The van der Waals surface area contributed by atoms with Crippen molar-refractivity contribution >= 4 is 28.2 Å². The van der Waals surface area contributed by atoms with Crippen LogP contribution in [0.3, 0.4) is 0 Å². The predicted molar refractivity (Wildman–Crippen MR) is 128 cm³/mol. The van der Waals surface area contributed by atoms with E-state index in [4.69, 9.17) is 13.9 Å². The van der Waals surface area contributed by atoms with Gasteiger partial charge < -0.3 is 23.9 Å². The molecule has 7 heteroatoms.